The number of carbonyl (C=O) groups is 1. The smallest absolute Gasteiger partial charge is 0.225 e. The molecule has 19 heavy (non-hydrogen) atoms. The van der Waals surface area contributed by atoms with Crippen molar-refractivity contribution in [2.24, 2.45) is 13.0 Å². The third-order valence-corrected chi connectivity index (χ3v) is 3.39. The van der Waals surface area contributed by atoms with Gasteiger partial charge in [0.15, 0.2) is 0 Å². The van der Waals surface area contributed by atoms with E-state index in [9.17, 15) is 4.79 Å². The Morgan fingerprint density at radius 3 is 3.05 bits per heavy atom. The van der Waals surface area contributed by atoms with Crippen LogP contribution in [0, 0.1) is 17.2 Å². The first-order valence-electron chi connectivity index (χ1n) is 6.47. The second-order valence-electron chi connectivity index (χ2n) is 4.81. The van der Waals surface area contributed by atoms with Crippen LogP contribution in [-0.2, 0) is 16.6 Å². The van der Waals surface area contributed by atoms with E-state index in [4.69, 9.17) is 10.00 Å². The molecule has 0 bridgehead atoms. The highest BCUT2D eigenvalue weighted by Crippen LogP contribution is 2.32. The molecular formula is C13H18N4O2. The van der Waals surface area contributed by atoms with Crippen LogP contribution in [0.1, 0.15) is 31.7 Å². The Balaban J connectivity index is 1.83. The lowest BCUT2D eigenvalue weighted by molar-refractivity contribution is -0.119. The van der Waals surface area contributed by atoms with E-state index in [0.717, 1.165) is 19.4 Å². The van der Waals surface area contributed by atoms with E-state index in [-0.39, 0.29) is 5.91 Å². The highest BCUT2D eigenvalue weighted by atomic mass is 16.5. The average Bonchev–Trinajstić information content (AvgIpc) is 2.68. The Morgan fingerprint density at radius 2 is 2.42 bits per heavy atom. The molecule has 1 N–H and O–H groups in total. The summed E-state index contributed by atoms with van der Waals surface area (Å²) < 4.78 is 6.96. The number of nitriles is 1. The number of hydrogen-bond acceptors (Lipinski definition) is 4. The summed E-state index contributed by atoms with van der Waals surface area (Å²) in [7, 11) is 1.70. The van der Waals surface area contributed by atoms with Crippen LogP contribution in [0.3, 0.4) is 0 Å². The molecule has 0 aromatic carbocycles. The first-order valence-corrected chi connectivity index (χ1v) is 6.47. The maximum atomic E-state index is 11.9. The molecule has 0 saturated heterocycles. The number of hydrogen-bond donors (Lipinski definition) is 1. The molecule has 1 aliphatic rings. The highest BCUT2D eigenvalue weighted by Gasteiger charge is 2.31. The number of nitrogens with zero attached hydrogens (tertiary/aromatic N) is 3. The number of aryl methyl sites for hydroxylation is 1. The van der Waals surface area contributed by atoms with Gasteiger partial charge < -0.3 is 10.1 Å². The molecule has 1 aromatic rings. The Labute approximate surface area is 112 Å². The first kappa shape index (κ1) is 13.6. The maximum absolute atomic E-state index is 11.9. The van der Waals surface area contributed by atoms with E-state index in [1.165, 1.54) is 10.9 Å². The van der Waals surface area contributed by atoms with Gasteiger partial charge in [0.2, 0.25) is 5.91 Å². The van der Waals surface area contributed by atoms with Gasteiger partial charge >= 0.3 is 0 Å². The zero-order valence-electron chi connectivity index (χ0n) is 11.2. The molecule has 1 aliphatic carbocycles. The SMILES string of the molecule is CCOC1CC(CC(=O)Nc2c(C#N)cnn2C)C1. The Morgan fingerprint density at radius 1 is 1.68 bits per heavy atom. The predicted octanol–water partition coefficient (Wildman–Crippen LogP) is 1.44. The Kier molecular flexibility index (Phi) is 4.17. The van der Waals surface area contributed by atoms with Gasteiger partial charge in [-0.25, -0.2) is 0 Å². The van der Waals surface area contributed by atoms with Gasteiger partial charge in [0.1, 0.15) is 17.5 Å². The molecule has 1 fully saturated rings. The van der Waals surface area contributed by atoms with Crippen molar-refractivity contribution in [3.05, 3.63) is 11.8 Å². The molecule has 0 radical (unpaired) electrons. The standard InChI is InChI=1S/C13H18N4O2/c1-3-19-11-4-9(5-11)6-12(18)16-13-10(7-14)8-15-17(13)2/h8-9,11H,3-6H2,1-2H3,(H,16,18). The normalized spacial score (nSPS) is 21.5. The second-order valence-corrected chi connectivity index (χ2v) is 4.81. The minimum atomic E-state index is -0.0694. The zero-order valence-corrected chi connectivity index (χ0v) is 11.2. The topological polar surface area (TPSA) is 79.9 Å². The lowest BCUT2D eigenvalue weighted by Crippen LogP contribution is -2.34. The van der Waals surface area contributed by atoms with Crippen molar-refractivity contribution in [3.63, 3.8) is 0 Å². The quantitative estimate of drug-likeness (QED) is 0.870. The van der Waals surface area contributed by atoms with Crippen molar-refractivity contribution >= 4 is 11.7 Å². The van der Waals surface area contributed by atoms with E-state index < -0.39 is 0 Å². The molecule has 0 atom stereocenters. The Hall–Kier alpha value is -1.87. The summed E-state index contributed by atoms with van der Waals surface area (Å²) in [5, 5.41) is 15.6. The van der Waals surface area contributed by atoms with Crippen LogP contribution in [0.5, 0.6) is 0 Å². The van der Waals surface area contributed by atoms with Crippen molar-refractivity contribution in [1.29, 1.82) is 5.26 Å². The number of amides is 1. The summed E-state index contributed by atoms with van der Waals surface area (Å²) in [6.07, 6.45) is 4.12. The summed E-state index contributed by atoms with van der Waals surface area (Å²) >= 11 is 0. The largest absolute Gasteiger partial charge is 0.378 e. The van der Waals surface area contributed by atoms with Crippen molar-refractivity contribution < 1.29 is 9.53 Å². The van der Waals surface area contributed by atoms with Gasteiger partial charge in [0.25, 0.3) is 0 Å². The molecule has 6 nitrogen and oxygen atoms in total. The van der Waals surface area contributed by atoms with E-state index in [1.54, 1.807) is 7.05 Å². The molecule has 2 rings (SSSR count). The van der Waals surface area contributed by atoms with Gasteiger partial charge in [-0.2, -0.15) is 10.4 Å². The van der Waals surface area contributed by atoms with Gasteiger partial charge in [-0.3, -0.25) is 9.48 Å². The third kappa shape index (κ3) is 3.12. The molecule has 0 spiro atoms. The Bertz CT molecular complexity index is 497. The molecule has 0 unspecified atom stereocenters. The fourth-order valence-corrected chi connectivity index (χ4v) is 2.33. The van der Waals surface area contributed by atoms with Gasteiger partial charge in [0, 0.05) is 20.1 Å². The van der Waals surface area contributed by atoms with Crippen LogP contribution >= 0.6 is 0 Å². The zero-order chi connectivity index (χ0) is 13.8. The lowest BCUT2D eigenvalue weighted by Gasteiger charge is -2.34. The van der Waals surface area contributed by atoms with E-state index in [1.807, 2.05) is 13.0 Å². The summed E-state index contributed by atoms with van der Waals surface area (Å²) in [6.45, 7) is 2.70. The lowest BCUT2D eigenvalue weighted by atomic mass is 9.80. The molecule has 1 amide bonds. The van der Waals surface area contributed by atoms with Gasteiger partial charge in [-0.1, -0.05) is 0 Å². The van der Waals surface area contributed by atoms with E-state index >= 15 is 0 Å². The monoisotopic (exact) mass is 262 g/mol. The fourth-order valence-electron chi connectivity index (χ4n) is 2.33. The highest BCUT2D eigenvalue weighted by molar-refractivity contribution is 5.91. The van der Waals surface area contributed by atoms with Gasteiger partial charge in [0.05, 0.1) is 12.3 Å². The van der Waals surface area contributed by atoms with Crippen LogP contribution in [0.25, 0.3) is 0 Å². The van der Waals surface area contributed by atoms with Crippen molar-refractivity contribution in [2.75, 3.05) is 11.9 Å². The summed E-state index contributed by atoms with van der Waals surface area (Å²) in [5.41, 5.74) is 0.386. The number of rotatable bonds is 5. The summed E-state index contributed by atoms with van der Waals surface area (Å²) in [5.74, 6) is 0.781. The predicted molar refractivity (Wildman–Crippen MR) is 69.3 cm³/mol. The molecule has 6 heteroatoms. The van der Waals surface area contributed by atoms with Gasteiger partial charge in [-0.05, 0) is 25.7 Å². The molecule has 1 saturated carbocycles. The van der Waals surface area contributed by atoms with Gasteiger partial charge in [-0.15, -0.1) is 0 Å². The third-order valence-electron chi connectivity index (χ3n) is 3.39. The molecular weight excluding hydrogens is 244 g/mol. The minimum Gasteiger partial charge on any atom is -0.378 e. The molecule has 1 aromatic heterocycles. The van der Waals surface area contributed by atoms with Crippen LogP contribution in [-0.4, -0.2) is 28.4 Å². The van der Waals surface area contributed by atoms with E-state index in [0.29, 0.717) is 29.8 Å². The number of carbonyl (C=O) groups excluding carboxylic acids is 1. The second kappa shape index (κ2) is 5.85. The molecule has 102 valence electrons. The minimum absolute atomic E-state index is 0.0694. The van der Waals surface area contributed by atoms with E-state index in [2.05, 4.69) is 10.4 Å². The van der Waals surface area contributed by atoms with Crippen LogP contribution in [0.15, 0.2) is 6.20 Å². The number of nitrogens with one attached hydrogen (secondary N) is 1. The molecule has 1 heterocycles. The average molecular weight is 262 g/mol. The van der Waals surface area contributed by atoms with Crippen LogP contribution in [0.4, 0.5) is 5.82 Å². The first-order chi connectivity index (χ1) is 9.13. The van der Waals surface area contributed by atoms with Crippen molar-refractivity contribution in [1.82, 2.24) is 9.78 Å². The fraction of sp³-hybridized carbons (Fsp3) is 0.615. The summed E-state index contributed by atoms with van der Waals surface area (Å²) in [4.78, 5) is 11.9. The number of aromatic nitrogens is 2. The summed E-state index contributed by atoms with van der Waals surface area (Å²) in [6, 6.07) is 2.01. The maximum Gasteiger partial charge on any atom is 0.225 e. The van der Waals surface area contributed by atoms with Crippen molar-refractivity contribution in [3.8, 4) is 6.07 Å². The number of ether oxygens (including phenoxy) is 1. The van der Waals surface area contributed by atoms with Crippen molar-refractivity contribution in [2.45, 2.75) is 32.3 Å². The van der Waals surface area contributed by atoms with Crippen LogP contribution in [0.2, 0.25) is 0 Å². The number of anilines is 1. The molecule has 0 aliphatic heterocycles. The van der Waals surface area contributed by atoms with Crippen LogP contribution < -0.4 is 5.32 Å².